The van der Waals surface area contributed by atoms with Crippen molar-refractivity contribution in [3.05, 3.63) is 24.5 Å². The molecule has 0 bridgehead atoms. The van der Waals surface area contributed by atoms with Crippen LogP contribution in [0.1, 0.15) is 46.5 Å². The first-order valence-electron chi connectivity index (χ1n) is 9.51. The zero-order chi connectivity index (χ0) is 20.2. The third-order valence-corrected chi connectivity index (χ3v) is 5.41. The highest BCUT2D eigenvalue weighted by Crippen LogP contribution is 2.19. The van der Waals surface area contributed by atoms with Gasteiger partial charge in [0.15, 0.2) is 5.96 Å². The molecule has 0 radical (unpaired) electrons. The fourth-order valence-corrected chi connectivity index (χ4v) is 3.73. The van der Waals surface area contributed by atoms with Gasteiger partial charge in [-0.15, -0.1) is 0 Å². The molecule has 0 unspecified atom stereocenters. The van der Waals surface area contributed by atoms with E-state index in [0.29, 0.717) is 38.4 Å². The summed E-state index contributed by atoms with van der Waals surface area (Å²) in [6.07, 6.45) is 6.03. The molecule has 8 nitrogen and oxygen atoms in total. The number of hydrogen-bond donors (Lipinski definition) is 4. The summed E-state index contributed by atoms with van der Waals surface area (Å²) in [5, 5.41) is 16.9. The van der Waals surface area contributed by atoms with E-state index in [1.807, 2.05) is 20.8 Å². The molecule has 0 spiro atoms. The van der Waals surface area contributed by atoms with Gasteiger partial charge < -0.3 is 15.7 Å². The second-order valence-corrected chi connectivity index (χ2v) is 8.20. The van der Waals surface area contributed by atoms with Gasteiger partial charge in [-0.25, -0.2) is 13.1 Å². The number of aliphatic imine (C=N–C) groups is 1. The van der Waals surface area contributed by atoms with Crippen LogP contribution in [0, 0.1) is 0 Å². The molecule has 0 fully saturated rings. The Hall–Kier alpha value is -1.71. The molecule has 0 saturated heterocycles. The monoisotopic (exact) mass is 399 g/mol. The third kappa shape index (κ3) is 8.68. The van der Waals surface area contributed by atoms with E-state index >= 15 is 0 Å². The van der Waals surface area contributed by atoms with Crippen LogP contribution in [0.3, 0.4) is 0 Å². The van der Waals surface area contributed by atoms with Crippen LogP contribution >= 0.6 is 0 Å². The van der Waals surface area contributed by atoms with E-state index in [1.54, 1.807) is 6.07 Å². The predicted octanol–water partition coefficient (Wildman–Crippen LogP) is 1.25. The van der Waals surface area contributed by atoms with Crippen molar-refractivity contribution in [3.63, 3.8) is 0 Å². The number of nitrogens with one attached hydrogen (secondary N) is 3. The fraction of sp³-hybridized carbons (Fsp3) is 0.667. The maximum Gasteiger partial charge on any atom is 0.242 e. The number of sulfonamides is 1. The molecule has 0 aromatic carbocycles. The first kappa shape index (κ1) is 23.3. The van der Waals surface area contributed by atoms with E-state index in [2.05, 4.69) is 25.3 Å². The van der Waals surface area contributed by atoms with Crippen LogP contribution in [0.15, 0.2) is 34.4 Å². The molecule has 0 aliphatic rings. The molecular formula is C18H33N5O3S. The summed E-state index contributed by atoms with van der Waals surface area (Å²) in [5.74, 6) is 0.559. The summed E-state index contributed by atoms with van der Waals surface area (Å²) in [5.41, 5.74) is -0.798. The van der Waals surface area contributed by atoms with Crippen LogP contribution in [-0.2, 0) is 10.0 Å². The minimum atomic E-state index is -3.57. The number of guanidine groups is 1. The second kappa shape index (κ2) is 11.9. The van der Waals surface area contributed by atoms with E-state index in [1.165, 1.54) is 18.5 Å². The quantitative estimate of drug-likeness (QED) is 0.239. The lowest BCUT2D eigenvalue weighted by Gasteiger charge is -2.26. The minimum absolute atomic E-state index is 0.134. The van der Waals surface area contributed by atoms with E-state index in [-0.39, 0.29) is 11.4 Å². The number of aromatic nitrogens is 1. The molecule has 1 aromatic heterocycles. The Morgan fingerprint density at radius 3 is 2.44 bits per heavy atom. The summed E-state index contributed by atoms with van der Waals surface area (Å²) < 4.78 is 26.8. The molecule has 0 amide bonds. The summed E-state index contributed by atoms with van der Waals surface area (Å²) in [6.45, 7) is 7.59. The van der Waals surface area contributed by atoms with Gasteiger partial charge in [0.2, 0.25) is 10.0 Å². The molecule has 27 heavy (non-hydrogen) atoms. The van der Waals surface area contributed by atoms with Crippen LogP contribution in [0.2, 0.25) is 0 Å². The van der Waals surface area contributed by atoms with Gasteiger partial charge in [0, 0.05) is 32.0 Å². The van der Waals surface area contributed by atoms with Crippen LogP contribution < -0.4 is 15.4 Å². The maximum atomic E-state index is 12.1. The second-order valence-electron chi connectivity index (χ2n) is 6.43. The third-order valence-electron chi connectivity index (χ3n) is 3.96. The van der Waals surface area contributed by atoms with Crippen molar-refractivity contribution in [3.8, 4) is 0 Å². The van der Waals surface area contributed by atoms with Crippen LogP contribution in [-0.4, -0.2) is 56.2 Å². The van der Waals surface area contributed by atoms with Gasteiger partial charge >= 0.3 is 0 Å². The molecular weight excluding hydrogens is 366 g/mol. The van der Waals surface area contributed by atoms with Gasteiger partial charge in [-0.05, 0) is 31.9 Å². The Balaban J connectivity index is 2.57. The van der Waals surface area contributed by atoms with Crippen molar-refractivity contribution < 1.29 is 13.5 Å². The molecule has 0 aliphatic carbocycles. The first-order chi connectivity index (χ1) is 12.9. The molecule has 1 heterocycles. The Morgan fingerprint density at radius 2 is 1.89 bits per heavy atom. The molecule has 0 atom stereocenters. The average molecular weight is 400 g/mol. The summed E-state index contributed by atoms with van der Waals surface area (Å²) >= 11 is 0. The van der Waals surface area contributed by atoms with Crippen molar-refractivity contribution in [2.24, 2.45) is 4.99 Å². The van der Waals surface area contributed by atoms with Gasteiger partial charge in [0.25, 0.3) is 0 Å². The van der Waals surface area contributed by atoms with Gasteiger partial charge in [0.1, 0.15) is 4.90 Å². The Labute approximate surface area is 162 Å². The lowest BCUT2D eigenvalue weighted by Crippen LogP contribution is -2.43. The lowest BCUT2D eigenvalue weighted by molar-refractivity contribution is 0.0306. The molecule has 1 rings (SSSR count). The van der Waals surface area contributed by atoms with Crippen molar-refractivity contribution in [2.75, 3.05) is 26.2 Å². The SMILES string of the molecule is CCCC(O)(CCC)CN=C(NCC)NCCNS(=O)(=O)c1cccnc1. The Kier molecular flexibility index (Phi) is 10.3. The predicted molar refractivity (Wildman–Crippen MR) is 108 cm³/mol. The van der Waals surface area contributed by atoms with E-state index in [4.69, 9.17) is 0 Å². The van der Waals surface area contributed by atoms with Crippen molar-refractivity contribution in [1.82, 2.24) is 20.3 Å². The topological polar surface area (TPSA) is 116 Å². The van der Waals surface area contributed by atoms with Crippen molar-refractivity contribution in [2.45, 2.75) is 57.0 Å². The molecule has 0 aliphatic heterocycles. The molecule has 1 aromatic rings. The summed E-state index contributed by atoms with van der Waals surface area (Å²) in [4.78, 5) is 8.43. The largest absolute Gasteiger partial charge is 0.388 e. The van der Waals surface area contributed by atoms with Crippen molar-refractivity contribution >= 4 is 16.0 Å². The maximum absolute atomic E-state index is 12.1. The van der Waals surface area contributed by atoms with Crippen LogP contribution in [0.4, 0.5) is 0 Å². The highest BCUT2D eigenvalue weighted by molar-refractivity contribution is 7.89. The highest BCUT2D eigenvalue weighted by Gasteiger charge is 2.24. The number of pyridine rings is 1. The molecule has 9 heteroatoms. The van der Waals surface area contributed by atoms with Crippen LogP contribution in [0.5, 0.6) is 0 Å². The molecule has 0 saturated carbocycles. The van der Waals surface area contributed by atoms with Crippen LogP contribution in [0.25, 0.3) is 0 Å². The average Bonchev–Trinajstić information content (AvgIpc) is 2.64. The van der Waals surface area contributed by atoms with Gasteiger partial charge in [-0.2, -0.15) is 0 Å². The number of nitrogens with zero attached hydrogens (tertiary/aromatic N) is 2. The number of rotatable bonds is 12. The minimum Gasteiger partial charge on any atom is -0.388 e. The zero-order valence-corrected chi connectivity index (χ0v) is 17.3. The lowest BCUT2D eigenvalue weighted by atomic mass is 9.93. The molecule has 4 N–H and O–H groups in total. The van der Waals surface area contributed by atoms with E-state index in [0.717, 1.165) is 12.8 Å². The normalized spacial score (nSPS) is 12.8. The van der Waals surface area contributed by atoms with Gasteiger partial charge in [-0.3, -0.25) is 9.98 Å². The smallest absolute Gasteiger partial charge is 0.242 e. The highest BCUT2D eigenvalue weighted by atomic mass is 32.2. The first-order valence-corrected chi connectivity index (χ1v) is 11.0. The van der Waals surface area contributed by atoms with Gasteiger partial charge in [-0.1, -0.05) is 26.7 Å². The zero-order valence-electron chi connectivity index (χ0n) is 16.5. The Morgan fingerprint density at radius 1 is 1.19 bits per heavy atom. The number of hydrogen-bond acceptors (Lipinski definition) is 5. The summed E-state index contributed by atoms with van der Waals surface area (Å²) in [6, 6.07) is 3.08. The standard InChI is InChI=1S/C18H33N5O3S/c1-4-9-18(24,10-5-2)15-22-17(20-6-3)21-12-13-23-27(25,26)16-8-7-11-19-14-16/h7-8,11,14,23-24H,4-6,9-10,12-13,15H2,1-3H3,(H2,20,21,22). The fourth-order valence-electron chi connectivity index (χ4n) is 2.74. The summed E-state index contributed by atoms with van der Waals surface area (Å²) in [7, 11) is -3.57. The van der Waals surface area contributed by atoms with Crippen molar-refractivity contribution in [1.29, 1.82) is 0 Å². The molecule has 154 valence electrons. The Bertz CT molecular complexity index is 659. The number of aliphatic hydroxyl groups is 1. The van der Waals surface area contributed by atoms with Gasteiger partial charge in [0.05, 0.1) is 12.1 Å². The van der Waals surface area contributed by atoms with E-state index in [9.17, 15) is 13.5 Å². The van der Waals surface area contributed by atoms with E-state index < -0.39 is 15.6 Å².